The van der Waals surface area contributed by atoms with Crippen molar-refractivity contribution < 1.29 is 4.79 Å². The number of carbonyl (C=O) groups is 1. The average molecular weight is 303 g/mol. The van der Waals surface area contributed by atoms with E-state index in [1.54, 1.807) is 11.0 Å². The SMILES string of the molecule is O=C(Nc1ccc(Cn2cncn2)cc1)C1CSCCN1. The Bertz CT molecular complexity index is 578. The summed E-state index contributed by atoms with van der Waals surface area (Å²) in [7, 11) is 0. The summed E-state index contributed by atoms with van der Waals surface area (Å²) in [5.74, 6) is 1.93. The number of hydrogen-bond donors (Lipinski definition) is 2. The van der Waals surface area contributed by atoms with E-state index < -0.39 is 0 Å². The van der Waals surface area contributed by atoms with Crippen LogP contribution in [0.2, 0.25) is 0 Å². The molecule has 1 aliphatic heterocycles. The van der Waals surface area contributed by atoms with E-state index in [9.17, 15) is 4.79 Å². The molecule has 1 saturated heterocycles. The highest BCUT2D eigenvalue weighted by molar-refractivity contribution is 7.99. The molecule has 0 radical (unpaired) electrons. The lowest BCUT2D eigenvalue weighted by Gasteiger charge is -2.22. The standard InChI is InChI=1S/C14H17N5OS/c20-14(13-8-21-6-5-16-13)18-12-3-1-11(2-4-12)7-19-10-15-9-17-19/h1-4,9-10,13,16H,5-8H2,(H,18,20). The molecule has 1 unspecified atom stereocenters. The summed E-state index contributed by atoms with van der Waals surface area (Å²) >= 11 is 1.81. The minimum Gasteiger partial charge on any atom is -0.325 e. The van der Waals surface area contributed by atoms with E-state index in [-0.39, 0.29) is 11.9 Å². The molecular weight excluding hydrogens is 286 g/mol. The lowest BCUT2D eigenvalue weighted by molar-refractivity contribution is -0.117. The summed E-state index contributed by atoms with van der Waals surface area (Å²) in [6.45, 7) is 1.56. The Balaban J connectivity index is 1.57. The minimum atomic E-state index is -0.0985. The van der Waals surface area contributed by atoms with Crippen molar-refractivity contribution in [2.24, 2.45) is 0 Å². The predicted molar refractivity (Wildman–Crippen MR) is 83.3 cm³/mol. The molecule has 0 aliphatic carbocycles. The number of aromatic nitrogens is 3. The van der Waals surface area contributed by atoms with E-state index in [2.05, 4.69) is 20.7 Å². The van der Waals surface area contributed by atoms with E-state index in [1.807, 2.05) is 36.0 Å². The fourth-order valence-corrected chi connectivity index (χ4v) is 3.09. The first-order valence-electron chi connectivity index (χ1n) is 6.84. The Morgan fingerprint density at radius 3 is 2.95 bits per heavy atom. The molecule has 110 valence electrons. The Morgan fingerprint density at radius 2 is 2.29 bits per heavy atom. The van der Waals surface area contributed by atoms with Crippen LogP contribution in [0.15, 0.2) is 36.9 Å². The van der Waals surface area contributed by atoms with Crippen molar-refractivity contribution >= 4 is 23.4 Å². The Morgan fingerprint density at radius 1 is 1.43 bits per heavy atom. The number of anilines is 1. The van der Waals surface area contributed by atoms with Gasteiger partial charge in [-0.3, -0.25) is 4.79 Å². The summed E-state index contributed by atoms with van der Waals surface area (Å²) in [5, 5.41) is 10.2. The quantitative estimate of drug-likeness (QED) is 0.880. The van der Waals surface area contributed by atoms with Gasteiger partial charge in [-0.25, -0.2) is 9.67 Å². The van der Waals surface area contributed by atoms with Gasteiger partial charge in [0.15, 0.2) is 0 Å². The second kappa shape index (κ2) is 6.73. The zero-order valence-electron chi connectivity index (χ0n) is 11.5. The number of nitrogens with zero attached hydrogens (tertiary/aromatic N) is 3. The molecule has 6 nitrogen and oxygen atoms in total. The molecule has 0 spiro atoms. The molecule has 1 aromatic heterocycles. The van der Waals surface area contributed by atoms with Gasteiger partial charge in [0.25, 0.3) is 0 Å². The summed E-state index contributed by atoms with van der Waals surface area (Å²) in [6, 6.07) is 7.71. The zero-order valence-corrected chi connectivity index (χ0v) is 12.3. The molecule has 3 rings (SSSR count). The van der Waals surface area contributed by atoms with Crippen LogP contribution in [-0.2, 0) is 11.3 Å². The molecule has 2 heterocycles. The lowest BCUT2D eigenvalue weighted by atomic mass is 10.2. The van der Waals surface area contributed by atoms with E-state index in [4.69, 9.17) is 0 Å². The Labute approximate surface area is 127 Å². The molecule has 1 aromatic carbocycles. The third kappa shape index (κ3) is 3.83. The highest BCUT2D eigenvalue weighted by Gasteiger charge is 2.20. The van der Waals surface area contributed by atoms with Crippen LogP contribution in [0.25, 0.3) is 0 Å². The maximum absolute atomic E-state index is 12.1. The molecule has 0 bridgehead atoms. The van der Waals surface area contributed by atoms with Crippen LogP contribution in [0.5, 0.6) is 0 Å². The van der Waals surface area contributed by atoms with Crippen LogP contribution in [-0.4, -0.2) is 44.8 Å². The number of thioether (sulfide) groups is 1. The smallest absolute Gasteiger partial charge is 0.242 e. The van der Waals surface area contributed by atoms with Gasteiger partial charge in [0, 0.05) is 23.7 Å². The molecular formula is C14H17N5OS. The van der Waals surface area contributed by atoms with E-state index in [1.165, 1.54) is 6.33 Å². The van der Waals surface area contributed by atoms with Gasteiger partial charge >= 0.3 is 0 Å². The van der Waals surface area contributed by atoms with Crippen LogP contribution in [0.4, 0.5) is 5.69 Å². The fourth-order valence-electron chi connectivity index (χ4n) is 2.16. The van der Waals surface area contributed by atoms with Crippen LogP contribution in [0.1, 0.15) is 5.56 Å². The normalized spacial score (nSPS) is 18.4. The largest absolute Gasteiger partial charge is 0.325 e. The van der Waals surface area contributed by atoms with Crippen molar-refractivity contribution in [3.8, 4) is 0 Å². The third-order valence-electron chi connectivity index (χ3n) is 3.27. The topological polar surface area (TPSA) is 71.8 Å². The van der Waals surface area contributed by atoms with E-state index in [0.717, 1.165) is 29.3 Å². The van der Waals surface area contributed by atoms with E-state index >= 15 is 0 Å². The van der Waals surface area contributed by atoms with Gasteiger partial charge in [0.05, 0.1) is 12.6 Å². The highest BCUT2D eigenvalue weighted by Crippen LogP contribution is 2.13. The second-order valence-electron chi connectivity index (χ2n) is 4.86. The highest BCUT2D eigenvalue weighted by atomic mass is 32.2. The van der Waals surface area contributed by atoms with Gasteiger partial charge in [0.2, 0.25) is 5.91 Å². The minimum absolute atomic E-state index is 0.0335. The number of rotatable bonds is 4. The molecule has 7 heteroatoms. The van der Waals surface area contributed by atoms with Crippen molar-refractivity contribution in [3.63, 3.8) is 0 Å². The van der Waals surface area contributed by atoms with Crippen molar-refractivity contribution in [2.45, 2.75) is 12.6 Å². The number of carbonyl (C=O) groups excluding carboxylic acids is 1. The first-order chi connectivity index (χ1) is 10.3. The van der Waals surface area contributed by atoms with Crippen molar-refractivity contribution in [1.82, 2.24) is 20.1 Å². The van der Waals surface area contributed by atoms with Gasteiger partial charge in [-0.1, -0.05) is 12.1 Å². The maximum atomic E-state index is 12.1. The Hall–Kier alpha value is -1.86. The number of benzene rings is 1. The second-order valence-corrected chi connectivity index (χ2v) is 6.01. The zero-order chi connectivity index (χ0) is 14.5. The molecule has 2 N–H and O–H groups in total. The molecule has 1 amide bonds. The van der Waals surface area contributed by atoms with Crippen molar-refractivity contribution in [3.05, 3.63) is 42.5 Å². The molecule has 1 aliphatic rings. The lowest BCUT2D eigenvalue weighted by Crippen LogP contribution is -2.46. The number of nitrogens with one attached hydrogen (secondary N) is 2. The summed E-state index contributed by atoms with van der Waals surface area (Å²) < 4.78 is 1.76. The van der Waals surface area contributed by atoms with E-state index in [0.29, 0.717) is 6.54 Å². The summed E-state index contributed by atoms with van der Waals surface area (Å²) in [4.78, 5) is 16.0. The fraction of sp³-hybridized carbons (Fsp3) is 0.357. The van der Waals surface area contributed by atoms with Crippen molar-refractivity contribution in [2.75, 3.05) is 23.4 Å². The summed E-state index contributed by atoms with van der Waals surface area (Å²) in [5.41, 5.74) is 1.93. The molecule has 2 aromatic rings. The monoisotopic (exact) mass is 303 g/mol. The first kappa shape index (κ1) is 14.1. The summed E-state index contributed by atoms with van der Waals surface area (Å²) in [6.07, 6.45) is 3.20. The van der Waals surface area contributed by atoms with Crippen molar-refractivity contribution in [1.29, 1.82) is 0 Å². The van der Waals surface area contributed by atoms with Crippen LogP contribution >= 0.6 is 11.8 Å². The van der Waals surface area contributed by atoms with Crippen LogP contribution in [0.3, 0.4) is 0 Å². The molecule has 0 saturated carbocycles. The molecule has 1 fully saturated rings. The Kier molecular flexibility index (Phi) is 4.52. The van der Waals surface area contributed by atoms with Gasteiger partial charge in [-0.05, 0) is 17.7 Å². The van der Waals surface area contributed by atoms with Gasteiger partial charge in [0.1, 0.15) is 12.7 Å². The van der Waals surface area contributed by atoms with Gasteiger partial charge in [-0.2, -0.15) is 16.9 Å². The number of amides is 1. The van der Waals surface area contributed by atoms with Crippen LogP contribution < -0.4 is 10.6 Å². The van der Waals surface area contributed by atoms with Gasteiger partial charge < -0.3 is 10.6 Å². The first-order valence-corrected chi connectivity index (χ1v) is 8.00. The number of hydrogen-bond acceptors (Lipinski definition) is 5. The molecule has 1 atom stereocenters. The van der Waals surface area contributed by atoms with Crippen LogP contribution in [0, 0.1) is 0 Å². The predicted octanol–water partition coefficient (Wildman–Crippen LogP) is 0.970. The maximum Gasteiger partial charge on any atom is 0.242 e. The average Bonchev–Trinajstić information content (AvgIpc) is 3.03. The third-order valence-corrected chi connectivity index (χ3v) is 4.33. The van der Waals surface area contributed by atoms with Gasteiger partial charge in [-0.15, -0.1) is 0 Å². The molecule has 21 heavy (non-hydrogen) atoms.